The lowest BCUT2D eigenvalue weighted by Gasteiger charge is -2.17. The molecule has 14 rings (SSSR count). The summed E-state index contributed by atoms with van der Waals surface area (Å²) in [6.45, 7) is 0. The van der Waals surface area contributed by atoms with Crippen molar-refractivity contribution in [1.29, 1.82) is 0 Å². The van der Waals surface area contributed by atoms with E-state index in [1.807, 2.05) is 36.4 Å². The van der Waals surface area contributed by atoms with E-state index in [1.54, 1.807) is 0 Å². The topological polar surface area (TPSA) is 48.8 Å². The predicted molar refractivity (Wildman–Crippen MR) is 261 cm³/mol. The van der Waals surface area contributed by atoms with E-state index in [1.165, 1.54) is 43.4 Å². The van der Waals surface area contributed by atoms with Gasteiger partial charge in [-0.25, -0.2) is 9.97 Å². The van der Waals surface area contributed by atoms with Gasteiger partial charge >= 0.3 is 0 Å². The van der Waals surface area contributed by atoms with Gasteiger partial charge in [-0.2, -0.15) is 0 Å². The average molecular weight is 803 g/mol. The molecule has 14 aromatic rings. The van der Waals surface area contributed by atoms with E-state index in [0.717, 1.165) is 88.7 Å². The van der Waals surface area contributed by atoms with Crippen LogP contribution in [0, 0.1) is 0 Å². The van der Waals surface area contributed by atoms with E-state index in [-0.39, 0.29) is 0 Å². The number of nitrogens with zero attached hydrogens (tertiary/aromatic N) is 4. The number of rotatable bonds is 4. The molecule has 0 radical (unpaired) electrons. The highest BCUT2D eigenvalue weighted by atomic mass is 16.3. The Balaban J connectivity index is 1.06. The van der Waals surface area contributed by atoms with Crippen molar-refractivity contribution in [3.8, 4) is 33.9 Å². The Labute approximate surface area is 360 Å². The molecule has 4 aromatic heterocycles. The smallest absolute Gasteiger partial charge is 0.144 e. The molecule has 0 bridgehead atoms. The van der Waals surface area contributed by atoms with Gasteiger partial charge in [-0.15, -0.1) is 0 Å². The lowest BCUT2D eigenvalue weighted by Crippen LogP contribution is -2.00. The Kier molecular flexibility index (Phi) is 7.05. The zero-order valence-corrected chi connectivity index (χ0v) is 33.8. The molecule has 0 aliphatic carbocycles. The molecule has 0 aliphatic heterocycles. The first-order valence-corrected chi connectivity index (χ1v) is 21.4. The normalized spacial score (nSPS) is 12.1. The maximum Gasteiger partial charge on any atom is 0.144 e. The van der Waals surface area contributed by atoms with Crippen molar-refractivity contribution in [2.24, 2.45) is 0 Å². The molecule has 0 amide bonds. The third-order valence-electron chi connectivity index (χ3n) is 13.1. The first kappa shape index (κ1) is 34.2. The summed E-state index contributed by atoms with van der Waals surface area (Å²) in [6.07, 6.45) is 0. The Morgan fingerprint density at radius 1 is 0.333 bits per heavy atom. The quantitative estimate of drug-likeness (QED) is 0.178. The van der Waals surface area contributed by atoms with E-state index >= 15 is 0 Å². The summed E-state index contributed by atoms with van der Waals surface area (Å²) in [7, 11) is 0. The van der Waals surface area contributed by atoms with Crippen LogP contribution in [0.1, 0.15) is 0 Å². The van der Waals surface area contributed by atoms with Crippen molar-refractivity contribution >= 4 is 98.1 Å². The highest BCUT2D eigenvalue weighted by molar-refractivity contribution is 6.17. The minimum absolute atomic E-state index is 0.787. The molecule has 4 heterocycles. The lowest BCUT2D eigenvalue weighted by atomic mass is 9.96. The Morgan fingerprint density at radius 2 is 0.905 bits per heavy atom. The molecule has 292 valence electrons. The monoisotopic (exact) mass is 802 g/mol. The van der Waals surface area contributed by atoms with E-state index in [9.17, 15) is 0 Å². The zero-order valence-electron chi connectivity index (χ0n) is 33.8. The van der Waals surface area contributed by atoms with Crippen molar-refractivity contribution in [2.75, 3.05) is 0 Å². The number of para-hydroxylation sites is 6. The summed E-state index contributed by atoms with van der Waals surface area (Å²) < 4.78 is 11.5. The third-order valence-corrected chi connectivity index (χ3v) is 13.1. The molecular weight excluding hydrogens is 769 g/mol. The van der Waals surface area contributed by atoms with Gasteiger partial charge in [0.05, 0.1) is 44.5 Å². The fourth-order valence-corrected chi connectivity index (χ4v) is 10.3. The van der Waals surface area contributed by atoms with E-state index in [0.29, 0.717) is 0 Å². The van der Waals surface area contributed by atoms with Crippen LogP contribution < -0.4 is 0 Å². The van der Waals surface area contributed by atoms with Gasteiger partial charge in [-0.3, -0.25) is 0 Å². The maximum atomic E-state index is 6.62. The van der Waals surface area contributed by atoms with Gasteiger partial charge in [-0.1, -0.05) is 133 Å². The van der Waals surface area contributed by atoms with Gasteiger partial charge in [0.25, 0.3) is 0 Å². The minimum atomic E-state index is 0.787. The van der Waals surface area contributed by atoms with Gasteiger partial charge in [0.1, 0.15) is 16.9 Å². The molecule has 63 heavy (non-hydrogen) atoms. The molecule has 5 heteroatoms. The average Bonchev–Trinajstić information content (AvgIpc) is 4.00. The number of benzene rings is 10. The standard InChI is InChI=1S/C58H34N4O/c1-2-15-36-33-53-47(32-35(36)14-1)42-29-28-37(61-50-25-10-5-18-40(50)41-19-6-11-26-51(41)61)34-54(42)62(53)52-31-30-44(38-16-3-4-17-39(38)52)56-57(60-49-24-9-8-23-48(49)59-56)46-22-13-21-45-43-20-7-12-27-55(43)63-58(45)46/h1-34H. The molecule has 5 nitrogen and oxygen atoms in total. The van der Waals surface area contributed by atoms with Crippen molar-refractivity contribution in [3.63, 3.8) is 0 Å². The molecule has 0 aliphatic rings. The second kappa shape index (κ2) is 13.0. The lowest BCUT2D eigenvalue weighted by molar-refractivity contribution is 0.670. The summed E-state index contributed by atoms with van der Waals surface area (Å²) in [4.78, 5) is 10.8. The molecule has 0 saturated carbocycles. The van der Waals surface area contributed by atoms with Crippen molar-refractivity contribution in [1.82, 2.24) is 19.1 Å². The number of hydrogen-bond donors (Lipinski definition) is 0. The van der Waals surface area contributed by atoms with Crippen LogP contribution in [-0.2, 0) is 0 Å². The molecule has 0 N–H and O–H groups in total. The van der Waals surface area contributed by atoms with E-state index in [4.69, 9.17) is 14.4 Å². The van der Waals surface area contributed by atoms with Gasteiger partial charge in [0.15, 0.2) is 0 Å². The van der Waals surface area contributed by atoms with Gasteiger partial charge in [0.2, 0.25) is 0 Å². The molecule has 0 fully saturated rings. The number of aromatic nitrogens is 4. The van der Waals surface area contributed by atoms with Crippen LogP contribution in [0.3, 0.4) is 0 Å². The van der Waals surface area contributed by atoms with Gasteiger partial charge in [0, 0.05) is 54.5 Å². The second-order valence-corrected chi connectivity index (χ2v) is 16.5. The summed E-state index contributed by atoms with van der Waals surface area (Å²) in [5.41, 5.74) is 13.7. The molecule has 10 aromatic carbocycles. The van der Waals surface area contributed by atoms with Crippen LogP contribution in [0.15, 0.2) is 211 Å². The third kappa shape index (κ3) is 4.93. The van der Waals surface area contributed by atoms with E-state index in [2.05, 4.69) is 179 Å². The Bertz CT molecular complexity index is 4170. The number of furan rings is 1. The second-order valence-electron chi connectivity index (χ2n) is 16.5. The first-order chi connectivity index (χ1) is 31.2. The van der Waals surface area contributed by atoms with Gasteiger partial charge < -0.3 is 13.6 Å². The summed E-state index contributed by atoms with van der Waals surface area (Å²) in [6, 6.07) is 73.8. The van der Waals surface area contributed by atoms with Crippen LogP contribution in [0.2, 0.25) is 0 Å². The fraction of sp³-hybridized carbons (Fsp3) is 0. The summed E-state index contributed by atoms with van der Waals surface area (Å²) in [5.74, 6) is 0. The van der Waals surface area contributed by atoms with E-state index < -0.39 is 0 Å². The Morgan fingerprint density at radius 3 is 1.67 bits per heavy atom. The van der Waals surface area contributed by atoms with Crippen LogP contribution in [0.25, 0.3) is 132 Å². The number of hydrogen-bond acceptors (Lipinski definition) is 3. The number of fused-ring (bicyclic) bond motifs is 12. The molecule has 0 atom stereocenters. The van der Waals surface area contributed by atoms with Crippen LogP contribution in [0.5, 0.6) is 0 Å². The first-order valence-electron chi connectivity index (χ1n) is 21.4. The minimum Gasteiger partial charge on any atom is -0.455 e. The SMILES string of the molecule is c1ccc2cc3c(cc2c1)c1ccc(-n2c4ccccc4c4ccccc42)cc1n3-c1ccc(-c2nc3ccccc3nc2-c2cccc3c2oc2ccccc23)c2ccccc12. The highest BCUT2D eigenvalue weighted by Crippen LogP contribution is 2.44. The largest absolute Gasteiger partial charge is 0.455 e. The van der Waals surface area contributed by atoms with Crippen LogP contribution in [0.4, 0.5) is 0 Å². The molecule has 0 unspecified atom stereocenters. The van der Waals surface area contributed by atoms with Crippen molar-refractivity contribution < 1.29 is 4.42 Å². The van der Waals surface area contributed by atoms with Crippen LogP contribution >= 0.6 is 0 Å². The molecular formula is C58H34N4O. The summed E-state index contributed by atoms with van der Waals surface area (Å²) >= 11 is 0. The maximum absolute atomic E-state index is 6.62. The zero-order chi connectivity index (χ0) is 41.2. The van der Waals surface area contributed by atoms with Crippen LogP contribution in [-0.4, -0.2) is 19.1 Å². The fourth-order valence-electron chi connectivity index (χ4n) is 10.3. The molecule has 0 spiro atoms. The molecule has 0 saturated heterocycles. The summed E-state index contributed by atoms with van der Waals surface area (Å²) in [5, 5.41) is 11.7. The van der Waals surface area contributed by atoms with Gasteiger partial charge in [-0.05, 0) is 89.0 Å². The van der Waals surface area contributed by atoms with Crippen molar-refractivity contribution in [2.45, 2.75) is 0 Å². The van der Waals surface area contributed by atoms with Crippen molar-refractivity contribution in [3.05, 3.63) is 206 Å². The predicted octanol–water partition coefficient (Wildman–Crippen LogP) is 15.4. The Hall–Kier alpha value is -8.54. The highest BCUT2D eigenvalue weighted by Gasteiger charge is 2.23.